The van der Waals surface area contributed by atoms with Gasteiger partial charge in [0.05, 0.1) is 15.7 Å². The predicted molar refractivity (Wildman–Crippen MR) is 115 cm³/mol. The molecule has 1 saturated heterocycles. The van der Waals surface area contributed by atoms with Gasteiger partial charge in [0.2, 0.25) is 0 Å². The number of carboxylic acid groups (broad SMARTS) is 1. The van der Waals surface area contributed by atoms with E-state index >= 15 is 0 Å². The summed E-state index contributed by atoms with van der Waals surface area (Å²) in [4.78, 5) is 49.2. The molecule has 1 fully saturated rings. The molecule has 0 radical (unpaired) electrons. The van der Waals surface area contributed by atoms with Crippen LogP contribution in [-0.4, -0.2) is 35.5 Å². The Kier molecular flexibility index (Phi) is 6.54. The van der Waals surface area contributed by atoms with Crippen molar-refractivity contribution in [2.75, 3.05) is 11.5 Å². The largest absolute Gasteiger partial charge is 0.479 e. The zero-order valence-electron chi connectivity index (χ0n) is 15.7. The van der Waals surface area contributed by atoms with E-state index in [-0.39, 0.29) is 32.6 Å². The molecule has 0 saturated carbocycles. The Morgan fingerprint density at radius 2 is 1.77 bits per heavy atom. The average Bonchev–Trinajstić information content (AvgIpc) is 2.67. The second kappa shape index (κ2) is 8.97. The number of benzene rings is 2. The van der Waals surface area contributed by atoms with Crippen LogP contribution in [0.2, 0.25) is 15.1 Å². The summed E-state index contributed by atoms with van der Waals surface area (Å²) in [6.45, 7) is 0.976. The Morgan fingerprint density at radius 3 is 2.39 bits per heavy atom. The summed E-state index contributed by atoms with van der Waals surface area (Å²) in [5.74, 6) is -3.04. The summed E-state index contributed by atoms with van der Waals surface area (Å²) in [6.07, 6.45) is 1.20. The summed E-state index contributed by atoms with van der Waals surface area (Å²) < 4.78 is 5.03. The van der Waals surface area contributed by atoms with E-state index in [9.17, 15) is 19.2 Å². The highest BCUT2D eigenvalue weighted by molar-refractivity contribution is 6.40. The number of hydrogen-bond donors (Lipinski definition) is 2. The first-order valence-electron chi connectivity index (χ1n) is 8.60. The second-order valence-electron chi connectivity index (χ2n) is 6.34. The molecule has 1 heterocycles. The van der Waals surface area contributed by atoms with Crippen LogP contribution in [0, 0.1) is 6.92 Å². The second-order valence-corrected chi connectivity index (χ2v) is 7.56. The topological polar surface area (TPSA) is 113 Å². The summed E-state index contributed by atoms with van der Waals surface area (Å²) in [7, 11) is 0. The lowest BCUT2D eigenvalue weighted by Crippen LogP contribution is -2.54. The lowest BCUT2D eigenvalue weighted by atomic mass is 10.1. The zero-order chi connectivity index (χ0) is 22.9. The molecule has 2 N–H and O–H groups in total. The van der Waals surface area contributed by atoms with E-state index in [2.05, 4.69) is 5.32 Å². The molecule has 2 aromatic rings. The molecule has 0 aromatic heterocycles. The van der Waals surface area contributed by atoms with Crippen molar-refractivity contribution in [1.29, 1.82) is 0 Å². The van der Waals surface area contributed by atoms with E-state index < -0.39 is 30.4 Å². The Bertz CT molecular complexity index is 1140. The summed E-state index contributed by atoms with van der Waals surface area (Å²) in [5, 5.41) is 11.1. The Hall–Kier alpha value is -3.07. The number of ether oxygens (including phenoxy) is 1. The van der Waals surface area contributed by atoms with Crippen LogP contribution in [0.4, 0.5) is 10.5 Å². The highest BCUT2D eigenvalue weighted by Gasteiger charge is 2.37. The smallest absolute Gasteiger partial charge is 0.341 e. The molecule has 0 bridgehead atoms. The molecule has 11 heteroatoms. The van der Waals surface area contributed by atoms with Gasteiger partial charge < -0.3 is 9.84 Å². The van der Waals surface area contributed by atoms with Crippen LogP contribution in [0.1, 0.15) is 11.1 Å². The number of carboxylic acids is 1. The molecule has 1 aliphatic heterocycles. The predicted octanol–water partition coefficient (Wildman–Crippen LogP) is 4.09. The molecular weight excluding hydrogens is 471 g/mol. The van der Waals surface area contributed by atoms with Gasteiger partial charge in [-0.05, 0) is 48.4 Å². The standard InChI is InChI=1S/C20H13Cl3N2O6/c1-9-12(21)3-2-4-15(9)25-19(29)11(18(28)24-20(25)30)5-10-6-13(22)17(14(23)7-10)31-8-16(26)27/h2-7H,8H2,1H3,(H,26,27)(H,24,28,30)/b11-5+. The van der Waals surface area contributed by atoms with Crippen molar-refractivity contribution in [2.24, 2.45) is 0 Å². The third-order valence-corrected chi connectivity index (χ3v) is 5.22. The van der Waals surface area contributed by atoms with Gasteiger partial charge in [-0.25, -0.2) is 14.5 Å². The number of nitrogens with zero attached hydrogens (tertiary/aromatic N) is 1. The number of anilines is 1. The van der Waals surface area contributed by atoms with Gasteiger partial charge >= 0.3 is 12.0 Å². The van der Waals surface area contributed by atoms with Gasteiger partial charge in [-0.2, -0.15) is 0 Å². The molecule has 0 atom stereocenters. The first kappa shape index (κ1) is 22.6. The van der Waals surface area contributed by atoms with Gasteiger partial charge in [-0.1, -0.05) is 40.9 Å². The van der Waals surface area contributed by atoms with E-state index in [1.165, 1.54) is 24.3 Å². The van der Waals surface area contributed by atoms with E-state index in [1.807, 2.05) is 0 Å². The minimum absolute atomic E-state index is 0.0251. The first-order chi connectivity index (χ1) is 14.6. The fourth-order valence-corrected chi connectivity index (χ4v) is 3.60. The highest BCUT2D eigenvalue weighted by atomic mass is 35.5. The minimum atomic E-state index is -1.22. The normalized spacial score (nSPS) is 15.3. The fraction of sp³-hybridized carbons (Fsp3) is 0.100. The molecular formula is C20H13Cl3N2O6. The SMILES string of the molecule is Cc1c(Cl)cccc1N1C(=O)NC(=O)/C(=C\c2cc(Cl)c(OCC(=O)O)c(Cl)c2)C1=O. The maximum Gasteiger partial charge on any atom is 0.341 e. The molecule has 1 aliphatic rings. The maximum atomic E-state index is 13.0. The number of carbonyl (C=O) groups is 4. The zero-order valence-corrected chi connectivity index (χ0v) is 18.0. The number of hydrogen-bond acceptors (Lipinski definition) is 5. The number of halogens is 3. The third-order valence-electron chi connectivity index (χ3n) is 4.25. The van der Waals surface area contributed by atoms with Crippen LogP contribution in [-0.2, 0) is 14.4 Å². The number of aliphatic carboxylic acids is 1. The summed E-state index contributed by atoms with van der Waals surface area (Å²) in [5.41, 5.74) is 0.618. The highest BCUT2D eigenvalue weighted by Crippen LogP contribution is 2.35. The van der Waals surface area contributed by atoms with E-state index in [1.54, 1.807) is 19.1 Å². The number of carbonyl (C=O) groups excluding carboxylic acids is 3. The van der Waals surface area contributed by atoms with Crippen molar-refractivity contribution in [3.8, 4) is 5.75 Å². The van der Waals surface area contributed by atoms with Gasteiger partial charge in [0.1, 0.15) is 5.57 Å². The molecule has 160 valence electrons. The summed E-state index contributed by atoms with van der Waals surface area (Å²) >= 11 is 18.3. The number of imide groups is 2. The molecule has 31 heavy (non-hydrogen) atoms. The number of barbiturate groups is 1. The molecule has 4 amide bonds. The minimum Gasteiger partial charge on any atom is -0.479 e. The van der Waals surface area contributed by atoms with Crippen molar-refractivity contribution in [3.63, 3.8) is 0 Å². The lowest BCUT2D eigenvalue weighted by Gasteiger charge is -2.27. The first-order valence-corrected chi connectivity index (χ1v) is 9.73. The summed E-state index contributed by atoms with van der Waals surface area (Å²) in [6, 6.07) is 6.46. The van der Waals surface area contributed by atoms with Crippen molar-refractivity contribution in [3.05, 3.63) is 62.1 Å². The van der Waals surface area contributed by atoms with Crippen LogP contribution in [0.5, 0.6) is 5.75 Å². The third kappa shape index (κ3) is 4.66. The van der Waals surface area contributed by atoms with Gasteiger partial charge in [-0.3, -0.25) is 14.9 Å². The number of nitrogens with one attached hydrogen (secondary N) is 1. The molecule has 0 aliphatic carbocycles. The number of amides is 4. The Morgan fingerprint density at radius 1 is 1.13 bits per heavy atom. The van der Waals surface area contributed by atoms with E-state index in [0.29, 0.717) is 10.6 Å². The van der Waals surface area contributed by atoms with Crippen molar-refractivity contribution in [1.82, 2.24) is 5.32 Å². The van der Waals surface area contributed by atoms with E-state index in [0.717, 1.165) is 4.90 Å². The number of urea groups is 1. The van der Waals surface area contributed by atoms with Crippen LogP contribution >= 0.6 is 34.8 Å². The van der Waals surface area contributed by atoms with Crippen LogP contribution in [0.3, 0.4) is 0 Å². The lowest BCUT2D eigenvalue weighted by molar-refractivity contribution is -0.139. The monoisotopic (exact) mass is 482 g/mol. The quantitative estimate of drug-likeness (QED) is 0.489. The van der Waals surface area contributed by atoms with Crippen molar-refractivity contribution in [2.45, 2.75) is 6.92 Å². The number of rotatable bonds is 5. The fourth-order valence-electron chi connectivity index (χ4n) is 2.82. The Balaban J connectivity index is 2.00. The van der Waals surface area contributed by atoms with Gasteiger partial charge in [0.15, 0.2) is 12.4 Å². The molecule has 8 nitrogen and oxygen atoms in total. The van der Waals surface area contributed by atoms with Crippen molar-refractivity contribution >= 4 is 70.4 Å². The Labute approximate surface area is 190 Å². The van der Waals surface area contributed by atoms with Crippen LogP contribution < -0.4 is 15.0 Å². The average molecular weight is 484 g/mol. The molecule has 0 spiro atoms. The molecule has 2 aromatic carbocycles. The maximum absolute atomic E-state index is 13.0. The van der Waals surface area contributed by atoms with E-state index in [4.69, 9.17) is 44.6 Å². The molecule has 3 rings (SSSR count). The molecule has 0 unspecified atom stereocenters. The van der Waals surface area contributed by atoms with Crippen LogP contribution in [0.25, 0.3) is 6.08 Å². The van der Waals surface area contributed by atoms with Gasteiger partial charge in [-0.15, -0.1) is 0 Å². The van der Waals surface area contributed by atoms with Gasteiger partial charge in [0, 0.05) is 5.02 Å². The van der Waals surface area contributed by atoms with Crippen LogP contribution in [0.15, 0.2) is 35.9 Å². The van der Waals surface area contributed by atoms with Gasteiger partial charge in [0.25, 0.3) is 11.8 Å². The van der Waals surface area contributed by atoms with Crippen molar-refractivity contribution < 1.29 is 29.0 Å².